The number of carbonyl (C=O) groups is 1. The third-order valence-corrected chi connectivity index (χ3v) is 2.46. The summed E-state index contributed by atoms with van der Waals surface area (Å²) in [6.45, 7) is -3.01. The van der Waals surface area contributed by atoms with E-state index >= 15 is 0 Å². The van der Waals surface area contributed by atoms with E-state index in [9.17, 15) is 13.6 Å². The molecule has 0 amide bonds. The van der Waals surface area contributed by atoms with E-state index in [-0.39, 0.29) is 22.8 Å². The number of nitrogens with two attached hydrogens (primary N) is 1. The Balaban J connectivity index is 2.39. The van der Waals surface area contributed by atoms with Gasteiger partial charge in [0.2, 0.25) is 5.95 Å². The molecule has 0 aliphatic heterocycles. The van der Waals surface area contributed by atoms with E-state index in [4.69, 9.17) is 10.8 Å². The molecular formula is C14H9F2N3O3. The highest BCUT2D eigenvalue weighted by molar-refractivity contribution is 5.91. The third-order valence-electron chi connectivity index (χ3n) is 2.46. The maximum absolute atomic E-state index is 12.2. The molecule has 0 spiro atoms. The van der Waals surface area contributed by atoms with Gasteiger partial charge in [-0.2, -0.15) is 8.78 Å². The number of hydrogen-bond acceptors (Lipinski definition) is 5. The summed E-state index contributed by atoms with van der Waals surface area (Å²) in [7, 11) is 0. The molecule has 0 bridgehead atoms. The number of benzene rings is 1. The van der Waals surface area contributed by atoms with Gasteiger partial charge in [-0.15, -0.1) is 0 Å². The number of rotatable bonds is 3. The maximum atomic E-state index is 12.2. The fourth-order valence-electron chi connectivity index (χ4n) is 1.53. The third kappa shape index (κ3) is 3.89. The van der Waals surface area contributed by atoms with Crippen molar-refractivity contribution in [3.63, 3.8) is 0 Å². The van der Waals surface area contributed by atoms with E-state index in [1.54, 1.807) is 0 Å². The molecule has 0 aliphatic carbocycles. The molecule has 0 radical (unpaired) electrons. The molecule has 1 aromatic heterocycles. The summed E-state index contributed by atoms with van der Waals surface area (Å²) in [5.41, 5.74) is 5.62. The first-order chi connectivity index (χ1) is 10.5. The molecule has 0 saturated carbocycles. The summed E-state index contributed by atoms with van der Waals surface area (Å²) in [6.07, 6.45) is 2.71. The van der Waals surface area contributed by atoms with E-state index in [1.807, 2.05) is 0 Å². The summed E-state index contributed by atoms with van der Waals surface area (Å²) >= 11 is 0. The summed E-state index contributed by atoms with van der Waals surface area (Å²) in [6, 6.07) is 3.40. The van der Waals surface area contributed by atoms with Crippen LogP contribution in [0, 0.1) is 11.8 Å². The first-order valence-electron chi connectivity index (χ1n) is 5.87. The molecule has 0 fully saturated rings. The van der Waals surface area contributed by atoms with Crippen LogP contribution in [0.2, 0.25) is 0 Å². The first-order valence-corrected chi connectivity index (χ1v) is 5.87. The molecule has 3 N–H and O–H groups in total. The van der Waals surface area contributed by atoms with Crippen molar-refractivity contribution in [2.75, 3.05) is 5.73 Å². The van der Waals surface area contributed by atoms with Crippen molar-refractivity contribution in [3.05, 3.63) is 47.3 Å². The molecule has 0 unspecified atom stereocenters. The Morgan fingerprint density at radius 3 is 2.55 bits per heavy atom. The van der Waals surface area contributed by atoms with E-state index in [1.165, 1.54) is 12.4 Å². The lowest BCUT2D eigenvalue weighted by Crippen LogP contribution is -2.05. The van der Waals surface area contributed by atoms with E-state index in [0.29, 0.717) is 5.56 Å². The number of aromatic nitrogens is 2. The standard InChI is InChI=1S/C14H9F2N3O3/c15-13(16)22-10-3-4-11(12(20)21)9(5-10)2-1-8-6-18-14(17)19-7-8/h3-7,13H,(H,20,21)(H2,17,18,19). The van der Waals surface area contributed by atoms with Crippen LogP contribution in [0.25, 0.3) is 0 Å². The molecule has 8 heteroatoms. The van der Waals surface area contributed by atoms with Gasteiger partial charge in [0.1, 0.15) is 5.75 Å². The van der Waals surface area contributed by atoms with Crippen molar-refractivity contribution in [3.8, 4) is 17.6 Å². The molecule has 2 rings (SSSR count). The van der Waals surface area contributed by atoms with Crippen molar-refractivity contribution in [1.82, 2.24) is 9.97 Å². The molecule has 2 aromatic rings. The normalized spacial score (nSPS) is 9.95. The van der Waals surface area contributed by atoms with Crippen LogP contribution in [0.5, 0.6) is 5.75 Å². The molecule has 0 atom stereocenters. The fourth-order valence-corrected chi connectivity index (χ4v) is 1.53. The fraction of sp³-hybridized carbons (Fsp3) is 0.0714. The second kappa shape index (κ2) is 6.49. The average Bonchev–Trinajstić information content (AvgIpc) is 2.46. The summed E-state index contributed by atoms with van der Waals surface area (Å²) in [5, 5.41) is 9.07. The van der Waals surface area contributed by atoms with Gasteiger partial charge in [-0.3, -0.25) is 0 Å². The highest BCUT2D eigenvalue weighted by Crippen LogP contribution is 2.19. The minimum absolute atomic E-state index is 0.0301. The Morgan fingerprint density at radius 2 is 1.95 bits per heavy atom. The molecule has 0 aliphatic rings. The summed E-state index contributed by atoms with van der Waals surface area (Å²) in [4.78, 5) is 18.6. The van der Waals surface area contributed by atoms with Crippen LogP contribution in [0.15, 0.2) is 30.6 Å². The van der Waals surface area contributed by atoms with Gasteiger partial charge in [-0.25, -0.2) is 14.8 Å². The van der Waals surface area contributed by atoms with E-state index in [2.05, 4.69) is 26.5 Å². The highest BCUT2D eigenvalue weighted by atomic mass is 19.3. The van der Waals surface area contributed by atoms with Gasteiger partial charge in [-0.05, 0) is 18.2 Å². The quantitative estimate of drug-likeness (QED) is 0.838. The Bertz CT molecular complexity index is 752. The lowest BCUT2D eigenvalue weighted by molar-refractivity contribution is -0.0498. The Kier molecular flexibility index (Phi) is 4.48. The second-order valence-corrected chi connectivity index (χ2v) is 3.97. The summed E-state index contributed by atoms with van der Waals surface area (Å²) in [5.74, 6) is 3.85. The predicted octanol–water partition coefficient (Wildman–Crippen LogP) is 1.76. The number of nitrogens with zero attached hydrogens (tertiary/aromatic N) is 2. The molecule has 1 aromatic carbocycles. The predicted molar refractivity (Wildman–Crippen MR) is 72.5 cm³/mol. The van der Waals surface area contributed by atoms with Crippen LogP contribution >= 0.6 is 0 Å². The van der Waals surface area contributed by atoms with Gasteiger partial charge < -0.3 is 15.6 Å². The second-order valence-electron chi connectivity index (χ2n) is 3.97. The van der Waals surface area contributed by atoms with Gasteiger partial charge in [0.05, 0.1) is 11.1 Å². The minimum Gasteiger partial charge on any atom is -0.478 e. The van der Waals surface area contributed by atoms with Crippen LogP contribution in [0.3, 0.4) is 0 Å². The number of ether oxygens (including phenoxy) is 1. The van der Waals surface area contributed by atoms with Crippen molar-refractivity contribution in [1.29, 1.82) is 0 Å². The number of alkyl halides is 2. The van der Waals surface area contributed by atoms with Crippen molar-refractivity contribution in [2.24, 2.45) is 0 Å². The Morgan fingerprint density at radius 1 is 1.27 bits per heavy atom. The first kappa shape index (κ1) is 15.2. The van der Waals surface area contributed by atoms with Crippen LogP contribution in [0.4, 0.5) is 14.7 Å². The van der Waals surface area contributed by atoms with Crippen LogP contribution in [-0.2, 0) is 0 Å². The monoisotopic (exact) mass is 305 g/mol. The zero-order chi connectivity index (χ0) is 16.1. The SMILES string of the molecule is Nc1ncc(C#Cc2cc(OC(F)F)ccc2C(=O)O)cn1. The van der Waals surface area contributed by atoms with E-state index < -0.39 is 12.6 Å². The number of halogens is 2. The van der Waals surface area contributed by atoms with Crippen molar-refractivity contribution >= 4 is 11.9 Å². The lowest BCUT2D eigenvalue weighted by Gasteiger charge is -2.06. The number of carboxylic acid groups (broad SMARTS) is 1. The zero-order valence-corrected chi connectivity index (χ0v) is 11.0. The van der Waals surface area contributed by atoms with Gasteiger partial charge >= 0.3 is 12.6 Å². The Labute approximate surface area is 123 Å². The molecule has 1 heterocycles. The Hall–Kier alpha value is -3.21. The number of anilines is 1. The number of aromatic carboxylic acids is 1. The largest absolute Gasteiger partial charge is 0.478 e. The highest BCUT2D eigenvalue weighted by Gasteiger charge is 2.12. The molecular weight excluding hydrogens is 296 g/mol. The van der Waals surface area contributed by atoms with Crippen molar-refractivity contribution < 1.29 is 23.4 Å². The van der Waals surface area contributed by atoms with Gasteiger partial charge in [0.25, 0.3) is 0 Å². The smallest absolute Gasteiger partial charge is 0.387 e. The topological polar surface area (TPSA) is 98.3 Å². The molecule has 22 heavy (non-hydrogen) atoms. The number of nitrogen functional groups attached to an aromatic ring is 1. The van der Waals surface area contributed by atoms with Crippen LogP contribution in [0.1, 0.15) is 21.5 Å². The number of carboxylic acids is 1. The number of hydrogen-bond donors (Lipinski definition) is 2. The minimum atomic E-state index is -3.01. The van der Waals surface area contributed by atoms with Gasteiger partial charge in [-0.1, -0.05) is 11.8 Å². The zero-order valence-electron chi connectivity index (χ0n) is 11.0. The average molecular weight is 305 g/mol. The van der Waals surface area contributed by atoms with Gasteiger partial charge in [0, 0.05) is 18.0 Å². The van der Waals surface area contributed by atoms with Gasteiger partial charge in [0.15, 0.2) is 0 Å². The molecule has 112 valence electrons. The molecule has 6 nitrogen and oxygen atoms in total. The lowest BCUT2D eigenvalue weighted by atomic mass is 10.1. The summed E-state index contributed by atoms with van der Waals surface area (Å²) < 4.78 is 28.6. The van der Waals surface area contributed by atoms with Crippen molar-refractivity contribution in [2.45, 2.75) is 6.61 Å². The maximum Gasteiger partial charge on any atom is 0.387 e. The van der Waals surface area contributed by atoms with Crippen LogP contribution < -0.4 is 10.5 Å². The van der Waals surface area contributed by atoms with Crippen LogP contribution in [-0.4, -0.2) is 27.7 Å². The van der Waals surface area contributed by atoms with E-state index in [0.717, 1.165) is 18.2 Å². The molecule has 0 saturated heterocycles.